The summed E-state index contributed by atoms with van der Waals surface area (Å²) in [5.74, 6) is -0.119. The van der Waals surface area contributed by atoms with Gasteiger partial charge in [-0.1, -0.05) is 34.5 Å². The van der Waals surface area contributed by atoms with Crippen LogP contribution in [-0.2, 0) is 16.1 Å². The minimum atomic E-state index is -0.106. The van der Waals surface area contributed by atoms with Gasteiger partial charge < -0.3 is 10.5 Å². The van der Waals surface area contributed by atoms with Crippen LogP contribution in [0.2, 0.25) is 0 Å². The summed E-state index contributed by atoms with van der Waals surface area (Å²) in [7, 11) is 0. The normalized spacial score (nSPS) is 23.7. The molecule has 0 aromatic heterocycles. The highest BCUT2D eigenvalue weighted by atomic mass is 79.9. The van der Waals surface area contributed by atoms with Crippen molar-refractivity contribution in [3.05, 3.63) is 34.3 Å². The summed E-state index contributed by atoms with van der Waals surface area (Å²) in [5.41, 5.74) is 6.87. The van der Waals surface area contributed by atoms with Gasteiger partial charge in [-0.25, -0.2) is 0 Å². The van der Waals surface area contributed by atoms with Crippen molar-refractivity contribution in [1.29, 1.82) is 0 Å². The van der Waals surface area contributed by atoms with Crippen LogP contribution in [0.25, 0.3) is 0 Å². The van der Waals surface area contributed by atoms with Gasteiger partial charge in [0.25, 0.3) is 0 Å². The third-order valence-electron chi connectivity index (χ3n) is 3.32. The minimum Gasteiger partial charge on any atom is -0.461 e. The predicted octanol–water partition coefficient (Wildman–Crippen LogP) is 3.01. The van der Waals surface area contributed by atoms with Crippen LogP contribution in [-0.4, -0.2) is 12.0 Å². The van der Waals surface area contributed by atoms with Crippen molar-refractivity contribution in [2.24, 2.45) is 11.7 Å². The Labute approximate surface area is 116 Å². The standard InChI is InChI=1S/C14H18BrNO2/c15-12-5-1-3-10(7-12)9-18-14(17)11-4-2-6-13(16)8-11/h1,3,5,7,11,13H,2,4,6,8-9,16H2. The van der Waals surface area contributed by atoms with Gasteiger partial charge >= 0.3 is 5.97 Å². The van der Waals surface area contributed by atoms with Crippen molar-refractivity contribution in [2.45, 2.75) is 38.3 Å². The zero-order chi connectivity index (χ0) is 13.0. The topological polar surface area (TPSA) is 52.3 Å². The molecule has 0 aliphatic heterocycles. The molecular formula is C14H18BrNO2. The van der Waals surface area contributed by atoms with Gasteiger partial charge in [0, 0.05) is 10.5 Å². The van der Waals surface area contributed by atoms with Gasteiger partial charge in [-0.15, -0.1) is 0 Å². The number of benzene rings is 1. The smallest absolute Gasteiger partial charge is 0.309 e. The second-order valence-corrected chi connectivity index (χ2v) is 5.78. The van der Waals surface area contributed by atoms with Crippen LogP contribution >= 0.6 is 15.9 Å². The molecule has 0 bridgehead atoms. The first-order chi connectivity index (χ1) is 8.65. The highest BCUT2D eigenvalue weighted by Crippen LogP contribution is 2.24. The average Bonchev–Trinajstić information content (AvgIpc) is 2.36. The Morgan fingerprint density at radius 2 is 2.28 bits per heavy atom. The van der Waals surface area contributed by atoms with Crippen LogP contribution in [0.15, 0.2) is 28.7 Å². The lowest BCUT2D eigenvalue weighted by atomic mass is 9.86. The van der Waals surface area contributed by atoms with Gasteiger partial charge in [0.15, 0.2) is 0 Å². The SMILES string of the molecule is NC1CCCC(C(=O)OCc2cccc(Br)c2)C1. The first-order valence-electron chi connectivity index (χ1n) is 6.32. The molecule has 2 rings (SSSR count). The van der Waals surface area contributed by atoms with E-state index in [1.54, 1.807) is 0 Å². The van der Waals surface area contributed by atoms with Crippen LogP contribution in [0, 0.1) is 5.92 Å². The molecule has 4 heteroatoms. The van der Waals surface area contributed by atoms with Gasteiger partial charge in [0.1, 0.15) is 6.61 Å². The number of ether oxygens (including phenoxy) is 1. The molecule has 1 aromatic rings. The van der Waals surface area contributed by atoms with E-state index in [0.717, 1.165) is 35.7 Å². The summed E-state index contributed by atoms with van der Waals surface area (Å²) >= 11 is 3.40. The highest BCUT2D eigenvalue weighted by Gasteiger charge is 2.26. The second-order valence-electron chi connectivity index (χ2n) is 4.86. The Bertz CT molecular complexity index is 422. The number of carbonyl (C=O) groups excluding carboxylic acids is 1. The number of esters is 1. The van der Waals surface area contributed by atoms with Crippen LogP contribution < -0.4 is 5.73 Å². The molecule has 1 aliphatic rings. The summed E-state index contributed by atoms with van der Waals surface area (Å²) in [5, 5.41) is 0. The summed E-state index contributed by atoms with van der Waals surface area (Å²) in [4.78, 5) is 11.9. The van der Waals surface area contributed by atoms with Gasteiger partial charge in [0.2, 0.25) is 0 Å². The third kappa shape index (κ3) is 3.82. The van der Waals surface area contributed by atoms with Crippen molar-refractivity contribution in [3.8, 4) is 0 Å². The maximum atomic E-state index is 11.9. The fourth-order valence-electron chi connectivity index (χ4n) is 2.34. The van der Waals surface area contributed by atoms with E-state index in [4.69, 9.17) is 10.5 Å². The molecule has 0 radical (unpaired) electrons. The minimum absolute atomic E-state index is 0.0131. The second kappa shape index (κ2) is 6.34. The first kappa shape index (κ1) is 13.6. The number of rotatable bonds is 3. The summed E-state index contributed by atoms with van der Waals surface area (Å²) < 4.78 is 6.35. The van der Waals surface area contributed by atoms with Gasteiger partial charge in [-0.05, 0) is 37.0 Å². The zero-order valence-corrected chi connectivity index (χ0v) is 11.9. The van der Waals surface area contributed by atoms with E-state index in [9.17, 15) is 4.79 Å². The molecule has 0 saturated heterocycles. The van der Waals surface area contributed by atoms with Crippen molar-refractivity contribution >= 4 is 21.9 Å². The molecule has 1 fully saturated rings. The predicted molar refractivity (Wildman–Crippen MR) is 73.9 cm³/mol. The number of hydrogen-bond acceptors (Lipinski definition) is 3. The molecule has 0 spiro atoms. The van der Waals surface area contributed by atoms with E-state index in [1.165, 1.54) is 0 Å². The Balaban J connectivity index is 1.84. The third-order valence-corrected chi connectivity index (χ3v) is 3.81. The molecule has 1 saturated carbocycles. The summed E-state index contributed by atoms with van der Waals surface area (Å²) in [6.45, 7) is 0.337. The lowest BCUT2D eigenvalue weighted by molar-refractivity contribution is -0.151. The largest absolute Gasteiger partial charge is 0.461 e. The van der Waals surface area contributed by atoms with Crippen molar-refractivity contribution in [1.82, 2.24) is 0 Å². The quantitative estimate of drug-likeness (QED) is 0.873. The first-order valence-corrected chi connectivity index (χ1v) is 7.11. The Kier molecular flexibility index (Phi) is 4.78. The molecule has 3 nitrogen and oxygen atoms in total. The molecular weight excluding hydrogens is 294 g/mol. The molecule has 2 N–H and O–H groups in total. The van der Waals surface area contributed by atoms with E-state index in [2.05, 4.69) is 15.9 Å². The molecule has 0 heterocycles. The molecule has 2 unspecified atom stereocenters. The maximum absolute atomic E-state index is 11.9. The summed E-state index contributed by atoms with van der Waals surface area (Å²) in [6.07, 6.45) is 3.72. The van der Waals surface area contributed by atoms with Crippen molar-refractivity contribution < 1.29 is 9.53 Å². The molecule has 1 aliphatic carbocycles. The van der Waals surface area contributed by atoms with Crippen LogP contribution in [0.4, 0.5) is 0 Å². The average molecular weight is 312 g/mol. The Hall–Kier alpha value is -0.870. The van der Waals surface area contributed by atoms with Crippen LogP contribution in [0.3, 0.4) is 0 Å². The maximum Gasteiger partial charge on any atom is 0.309 e. The lowest BCUT2D eigenvalue weighted by Crippen LogP contribution is -2.32. The molecule has 2 atom stereocenters. The number of hydrogen-bond donors (Lipinski definition) is 1. The van der Waals surface area contributed by atoms with Gasteiger partial charge in [-0.3, -0.25) is 4.79 Å². The Morgan fingerprint density at radius 3 is 3.00 bits per heavy atom. The lowest BCUT2D eigenvalue weighted by Gasteiger charge is -2.24. The number of halogens is 1. The fraction of sp³-hybridized carbons (Fsp3) is 0.500. The number of carbonyl (C=O) groups is 1. The van der Waals surface area contributed by atoms with E-state index in [-0.39, 0.29) is 17.9 Å². The molecule has 0 amide bonds. The zero-order valence-electron chi connectivity index (χ0n) is 10.3. The molecule has 18 heavy (non-hydrogen) atoms. The molecule has 98 valence electrons. The molecule has 1 aromatic carbocycles. The van der Waals surface area contributed by atoms with E-state index < -0.39 is 0 Å². The van der Waals surface area contributed by atoms with Crippen LogP contribution in [0.1, 0.15) is 31.2 Å². The van der Waals surface area contributed by atoms with Crippen molar-refractivity contribution in [2.75, 3.05) is 0 Å². The van der Waals surface area contributed by atoms with E-state index >= 15 is 0 Å². The number of nitrogens with two attached hydrogens (primary N) is 1. The fourth-order valence-corrected chi connectivity index (χ4v) is 2.79. The van der Waals surface area contributed by atoms with E-state index in [1.807, 2.05) is 24.3 Å². The van der Waals surface area contributed by atoms with Crippen molar-refractivity contribution in [3.63, 3.8) is 0 Å². The highest BCUT2D eigenvalue weighted by molar-refractivity contribution is 9.10. The van der Waals surface area contributed by atoms with Gasteiger partial charge in [-0.2, -0.15) is 0 Å². The van der Waals surface area contributed by atoms with E-state index in [0.29, 0.717) is 6.61 Å². The monoisotopic (exact) mass is 311 g/mol. The summed E-state index contributed by atoms with van der Waals surface area (Å²) in [6, 6.07) is 7.95. The Morgan fingerprint density at radius 1 is 1.44 bits per heavy atom. The van der Waals surface area contributed by atoms with Crippen LogP contribution in [0.5, 0.6) is 0 Å². The van der Waals surface area contributed by atoms with Gasteiger partial charge in [0.05, 0.1) is 5.92 Å².